The van der Waals surface area contributed by atoms with Gasteiger partial charge in [-0.25, -0.2) is 4.39 Å². The average molecular weight is 371 g/mol. The molecule has 27 heavy (non-hydrogen) atoms. The number of halogens is 1. The monoisotopic (exact) mass is 371 g/mol. The molecule has 3 rings (SSSR count). The van der Waals surface area contributed by atoms with Gasteiger partial charge < -0.3 is 9.84 Å². The molecule has 2 heterocycles. The maximum absolute atomic E-state index is 13.4. The molecule has 1 N–H and O–H groups in total. The van der Waals surface area contributed by atoms with Crippen LogP contribution in [0.15, 0.2) is 28.8 Å². The smallest absolute Gasteiger partial charge is 0.243 e. The van der Waals surface area contributed by atoms with Gasteiger partial charge in [0.2, 0.25) is 11.7 Å². The van der Waals surface area contributed by atoms with Crippen molar-refractivity contribution in [2.75, 3.05) is 0 Å². The van der Waals surface area contributed by atoms with Gasteiger partial charge in [0.15, 0.2) is 0 Å². The van der Waals surface area contributed by atoms with Crippen LogP contribution in [-0.4, -0.2) is 19.9 Å². The lowest BCUT2D eigenvalue weighted by Gasteiger charge is -2.21. The zero-order valence-electron chi connectivity index (χ0n) is 16.7. The third-order valence-corrected chi connectivity index (χ3v) is 4.56. The minimum absolute atomic E-state index is 0.0644. The van der Waals surface area contributed by atoms with Crippen molar-refractivity contribution in [3.63, 3.8) is 0 Å². The first-order valence-electron chi connectivity index (χ1n) is 9.05. The summed E-state index contributed by atoms with van der Waals surface area (Å²) in [6, 6.07) is 6.01. The van der Waals surface area contributed by atoms with Crippen LogP contribution >= 0.6 is 0 Å². The van der Waals surface area contributed by atoms with Crippen LogP contribution < -0.4 is 5.32 Å². The van der Waals surface area contributed by atoms with Gasteiger partial charge in [-0.2, -0.15) is 10.1 Å². The Morgan fingerprint density at radius 3 is 2.63 bits per heavy atom. The van der Waals surface area contributed by atoms with Gasteiger partial charge in [0.25, 0.3) is 0 Å². The number of benzene rings is 1. The molecule has 144 valence electrons. The molecule has 0 amide bonds. The van der Waals surface area contributed by atoms with E-state index in [4.69, 9.17) is 4.52 Å². The maximum atomic E-state index is 13.4. The fraction of sp³-hybridized carbons (Fsp3) is 0.450. The van der Waals surface area contributed by atoms with E-state index in [1.54, 1.807) is 12.1 Å². The number of nitrogens with zero attached hydrogens (tertiary/aromatic N) is 4. The van der Waals surface area contributed by atoms with Gasteiger partial charge in [-0.05, 0) is 53.7 Å². The SMILES string of the molecule is Cc1nn(C(C)(C)C)c(C)c1CNC(C)c1nc(-c2cccc(F)c2)no1. The summed E-state index contributed by atoms with van der Waals surface area (Å²) in [6.45, 7) is 13.1. The summed E-state index contributed by atoms with van der Waals surface area (Å²) in [5.41, 5.74) is 3.85. The summed E-state index contributed by atoms with van der Waals surface area (Å²) in [6.07, 6.45) is 0. The van der Waals surface area contributed by atoms with E-state index >= 15 is 0 Å². The second kappa shape index (κ2) is 7.23. The minimum Gasteiger partial charge on any atom is -0.337 e. The predicted molar refractivity (Wildman–Crippen MR) is 102 cm³/mol. The van der Waals surface area contributed by atoms with E-state index < -0.39 is 0 Å². The van der Waals surface area contributed by atoms with Crippen LogP contribution in [0.5, 0.6) is 0 Å². The van der Waals surface area contributed by atoms with Gasteiger partial charge in [-0.15, -0.1) is 0 Å². The Morgan fingerprint density at radius 2 is 2.00 bits per heavy atom. The summed E-state index contributed by atoms with van der Waals surface area (Å²) >= 11 is 0. The van der Waals surface area contributed by atoms with Crippen LogP contribution in [0.4, 0.5) is 4.39 Å². The van der Waals surface area contributed by atoms with E-state index in [9.17, 15) is 4.39 Å². The van der Waals surface area contributed by atoms with Crippen LogP contribution in [0.25, 0.3) is 11.4 Å². The Hall–Kier alpha value is -2.54. The Kier molecular flexibility index (Phi) is 5.15. The molecule has 0 saturated carbocycles. The second-order valence-corrected chi connectivity index (χ2v) is 7.80. The molecule has 1 aromatic carbocycles. The van der Waals surface area contributed by atoms with Crippen molar-refractivity contribution in [1.82, 2.24) is 25.2 Å². The number of rotatable bonds is 5. The topological polar surface area (TPSA) is 68.8 Å². The van der Waals surface area contributed by atoms with Crippen molar-refractivity contribution in [2.45, 2.75) is 59.7 Å². The molecule has 2 aromatic heterocycles. The van der Waals surface area contributed by atoms with Crippen molar-refractivity contribution in [3.8, 4) is 11.4 Å². The van der Waals surface area contributed by atoms with Gasteiger partial charge in [-0.1, -0.05) is 17.3 Å². The predicted octanol–water partition coefficient (Wildman–Crippen LogP) is 4.29. The summed E-state index contributed by atoms with van der Waals surface area (Å²) in [5, 5.41) is 12.1. The average Bonchev–Trinajstić information content (AvgIpc) is 3.18. The first-order valence-corrected chi connectivity index (χ1v) is 9.05. The minimum atomic E-state index is -0.327. The number of hydrogen-bond donors (Lipinski definition) is 1. The fourth-order valence-electron chi connectivity index (χ4n) is 3.08. The molecule has 0 bridgehead atoms. The molecule has 7 heteroatoms. The number of nitrogens with one attached hydrogen (secondary N) is 1. The lowest BCUT2D eigenvalue weighted by atomic mass is 10.1. The molecular formula is C20H26FN5O. The van der Waals surface area contributed by atoms with Crippen molar-refractivity contribution < 1.29 is 8.91 Å². The second-order valence-electron chi connectivity index (χ2n) is 7.80. The maximum Gasteiger partial charge on any atom is 0.243 e. The summed E-state index contributed by atoms with van der Waals surface area (Å²) < 4.78 is 20.8. The molecule has 0 saturated heterocycles. The quantitative estimate of drug-likeness (QED) is 0.724. The highest BCUT2D eigenvalue weighted by molar-refractivity contribution is 5.53. The molecule has 0 aliphatic rings. The Labute approximate surface area is 158 Å². The van der Waals surface area contributed by atoms with E-state index in [0.29, 0.717) is 23.8 Å². The molecule has 0 radical (unpaired) electrons. The number of aryl methyl sites for hydroxylation is 1. The van der Waals surface area contributed by atoms with Crippen molar-refractivity contribution in [2.24, 2.45) is 0 Å². The molecule has 0 aliphatic heterocycles. The van der Waals surface area contributed by atoms with Gasteiger partial charge in [0, 0.05) is 23.4 Å². The Bertz CT molecular complexity index is 938. The van der Waals surface area contributed by atoms with Crippen LogP contribution in [0.3, 0.4) is 0 Å². The van der Waals surface area contributed by atoms with Gasteiger partial charge >= 0.3 is 0 Å². The van der Waals surface area contributed by atoms with Crippen LogP contribution in [0, 0.1) is 19.7 Å². The van der Waals surface area contributed by atoms with Crippen molar-refractivity contribution in [3.05, 3.63) is 52.9 Å². The van der Waals surface area contributed by atoms with E-state index in [2.05, 4.69) is 52.9 Å². The van der Waals surface area contributed by atoms with E-state index in [1.165, 1.54) is 17.7 Å². The van der Waals surface area contributed by atoms with Crippen LogP contribution in [0.2, 0.25) is 0 Å². The van der Waals surface area contributed by atoms with Crippen molar-refractivity contribution in [1.29, 1.82) is 0 Å². The van der Waals surface area contributed by atoms with E-state index in [-0.39, 0.29) is 17.4 Å². The molecule has 6 nitrogen and oxygen atoms in total. The fourth-order valence-corrected chi connectivity index (χ4v) is 3.08. The largest absolute Gasteiger partial charge is 0.337 e. The molecule has 0 fully saturated rings. The molecular weight excluding hydrogens is 345 g/mol. The molecule has 1 atom stereocenters. The summed E-state index contributed by atoms with van der Waals surface area (Å²) in [5.74, 6) is 0.519. The molecule has 0 aliphatic carbocycles. The van der Waals surface area contributed by atoms with E-state index in [0.717, 1.165) is 11.4 Å². The first-order chi connectivity index (χ1) is 12.7. The third-order valence-electron chi connectivity index (χ3n) is 4.56. The molecule has 1 unspecified atom stereocenters. The van der Waals surface area contributed by atoms with E-state index in [1.807, 2.05) is 13.8 Å². The number of hydrogen-bond acceptors (Lipinski definition) is 5. The lowest BCUT2D eigenvalue weighted by Crippen LogP contribution is -2.25. The van der Waals surface area contributed by atoms with Gasteiger partial charge in [0.1, 0.15) is 5.82 Å². The van der Waals surface area contributed by atoms with Gasteiger partial charge in [0.05, 0.1) is 17.3 Å². The normalized spacial score (nSPS) is 13.1. The summed E-state index contributed by atoms with van der Waals surface area (Å²) in [7, 11) is 0. The zero-order valence-corrected chi connectivity index (χ0v) is 16.7. The Balaban J connectivity index is 1.72. The van der Waals surface area contributed by atoms with Gasteiger partial charge in [-0.3, -0.25) is 4.68 Å². The lowest BCUT2D eigenvalue weighted by molar-refractivity contribution is 0.337. The van der Waals surface area contributed by atoms with Crippen LogP contribution in [-0.2, 0) is 12.1 Å². The summed E-state index contributed by atoms with van der Waals surface area (Å²) in [4.78, 5) is 4.40. The highest BCUT2D eigenvalue weighted by atomic mass is 19.1. The Morgan fingerprint density at radius 1 is 1.26 bits per heavy atom. The standard InChI is InChI=1S/C20H26FN5O/c1-12-17(14(3)26(24-12)20(4,5)6)11-22-13(2)19-23-18(25-27-19)15-8-7-9-16(21)10-15/h7-10,13,22H,11H2,1-6H3. The highest BCUT2D eigenvalue weighted by Crippen LogP contribution is 2.23. The zero-order chi connectivity index (χ0) is 19.8. The number of aromatic nitrogens is 4. The van der Waals surface area contributed by atoms with Crippen molar-refractivity contribution >= 4 is 0 Å². The third kappa shape index (κ3) is 4.08. The highest BCUT2D eigenvalue weighted by Gasteiger charge is 2.22. The first kappa shape index (κ1) is 19.2. The molecule has 3 aromatic rings. The van der Waals surface area contributed by atoms with Crippen LogP contribution in [0.1, 0.15) is 56.6 Å². The molecule has 0 spiro atoms.